The Balaban J connectivity index is 1.92. The largest absolute Gasteiger partial charge is 0.0843 e. The molecule has 0 amide bonds. The number of hydrogen-bond donors (Lipinski definition) is 0. The lowest BCUT2D eigenvalue weighted by Crippen LogP contribution is -1.94. The zero-order valence-electron chi connectivity index (χ0n) is 10.00. The molecule has 2 heteroatoms. The van der Waals surface area contributed by atoms with Gasteiger partial charge in [-0.05, 0) is 53.6 Å². The first-order valence-corrected chi connectivity index (χ1v) is 7.54. The highest BCUT2D eigenvalue weighted by Gasteiger charge is 2.15. The van der Waals surface area contributed by atoms with Crippen LogP contribution in [-0.4, -0.2) is 0 Å². The summed E-state index contributed by atoms with van der Waals surface area (Å²) in [5, 5.41) is 0.785. The highest BCUT2D eigenvalue weighted by Crippen LogP contribution is 2.34. The van der Waals surface area contributed by atoms with Crippen LogP contribution in [-0.2, 0) is 12.8 Å². The molecular formula is C16H14BrCl. The number of hydrogen-bond acceptors (Lipinski definition) is 0. The third kappa shape index (κ3) is 2.34. The third-order valence-electron chi connectivity index (χ3n) is 3.58. The highest BCUT2D eigenvalue weighted by molar-refractivity contribution is 9.09. The predicted octanol–water partition coefficient (Wildman–Crippen LogP) is 5.31. The summed E-state index contributed by atoms with van der Waals surface area (Å²) in [5.41, 5.74) is 5.62. The monoisotopic (exact) mass is 320 g/mol. The van der Waals surface area contributed by atoms with Crippen LogP contribution in [0.5, 0.6) is 0 Å². The summed E-state index contributed by atoms with van der Waals surface area (Å²) in [4.78, 5) is 0.251. The van der Waals surface area contributed by atoms with Gasteiger partial charge in [0.1, 0.15) is 0 Å². The zero-order valence-corrected chi connectivity index (χ0v) is 12.3. The van der Waals surface area contributed by atoms with Crippen molar-refractivity contribution in [3.05, 3.63) is 69.7 Å². The van der Waals surface area contributed by atoms with Crippen LogP contribution in [0.15, 0.2) is 42.5 Å². The van der Waals surface area contributed by atoms with Crippen LogP contribution in [0.2, 0.25) is 5.02 Å². The van der Waals surface area contributed by atoms with Gasteiger partial charge in [-0.25, -0.2) is 0 Å². The van der Waals surface area contributed by atoms with E-state index in [-0.39, 0.29) is 4.83 Å². The molecule has 0 radical (unpaired) electrons. The number of alkyl halides is 1. The first-order chi connectivity index (χ1) is 8.74. The summed E-state index contributed by atoms with van der Waals surface area (Å²) in [7, 11) is 0. The second-order valence-corrected chi connectivity index (χ2v) is 6.15. The maximum Gasteiger partial charge on any atom is 0.0644 e. The van der Waals surface area contributed by atoms with Crippen LogP contribution >= 0.6 is 27.5 Å². The summed E-state index contributed by atoms with van der Waals surface area (Å²) >= 11 is 9.71. The normalized spacial score (nSPS) is 15.4. The molecular weight excluding hydrogens is 308 g/mol. The Hall–Kier alpha value is -0.790. The minimum atomic E-state index is 0.251. The van der Waals surface area contributed by atoms with E-state index >= 15 is 0 Å². The van der Waals surface area contributed by atoms with E-state index in [1.54, 1.807) is 0 Å². The summed E-state index contributed by atoms with van der Waals surface area (Å²) in [6, 6.07) is 14.9. The molecule has 0 saturated heterocycles. The lowest BCUT2D eigenvalue weighted by molar-refractivity contribution is 0.911. The van der Waals surface area contributed by atoms with Crippen LogP contribution in [0.25, 0.3) is 0 Å². The zero-order chi connectivity index (χ0) is 12.5. The van der Waals surface area contributed by atoms with Crippen molar-refractivity contribution in [2.75, 3.05) is 0 Å². The number of aryl methyl sites for hydroxylation is 2. The minimum absolute atomic E-state index is 0.251. The van der Waals surface area contributed by atoms with Crippen molar-refractivity contribution in [3.8, 4) is 0 Å². The Bertz CT molecular complexity index is 560. The van der Waals surface area contributed by atoms with Crippen LogP contribution in [0.4, 0.5) is 0 Å². The average molecular weight is 322 g/mol. The molecule has 1 aliphatic carbocycles. The van der Waals surface area contributed by atoms with Crippen LogP contribution < -0.4 is 0 Å². The number of fused-ring (bicyclic) bond motifs is 1. The summed E-state index contributed by atoms with van der Waals surface area (Å²) < 4.78 is 0. The van der Waals surface area contributed by atoms with Crippen molar-refractivity contribution in [3.63, 3.8) is 0 Å². The van der Waals surface area contributed by atoms with E-state index in [1.807, 2.05) is 12.1 Å². The van der Waals surface area contributed by atoms with Gasteiger partial charge in [0.05, 0.1) is 4.83 Å². The molecule has 0 heterocycles. The van der Waals surface area contributed by atoms with Crippen LogP contribution in [0.1, 0.15) is 33.5 Å². The molecule has 0 spiro atoms. The number of benzene rings is 2. The highest BCUT2D eigenvalue weighted by atomic mass is 79.9. The fraction of sp³-hybridized carbons (Fsp3) is 0.250. The topological polar surface area (TPSA) is 0 Å². The third-order valence-corrected chi connectivity index (χ3v) is 4.89. The molecule has 18 heavy (non-hydrogen) atoms. The van der Waals surface area contributed by atoms with Gasteiger partial charge >= 0.3 is 0 Å². The number of halogens is 2. The molecule has 0 saturated carbocycles. The quantitative estimate of drug-likeness (QED) is 0.657. The average Bonchev–Trinajstić information content (AvgIpc) is 2.86. The van der Waals surface area contributed by atoms with E-state index in [0.717, 1.165) is 5.02 Å². The van der Waals surface area contributed by atoms with Gasteiger partial charge in [-0.1, -0.05) is 57.9 Å². The summed E-state index contributed by atoms with van der Waals surface area (Å²) in [6.07, 6.45) is 3.76. The van der Waals surface area contributed by atoms with Crippen molar-refractivity contribution in [1.29, 1.82) is 0 Å². The molecule has 2 aromatic carbocycles. The van der Waals surface area contributed by atoms with Gasteiger partial charge in [0.2, 0.25) is 0 Å². The molecule has 3 rings (SSSR count). The van der Waals surface area contributed by atoms with Gasteiger partial charge in [0.25, 0.3) is 0 Å². The number of rotatable bonds is 2. The SMILES string of the molecule is Clc1ccc(C(Br)c2ccc3c(c2)CCC3)cc1. The molecule has 0 nitrogen and oxygen atoms in total. The minimum Gasteiger partial charge on any atom is -0.0843 e. The van der Waals surface area contributed by atoms with Gasteiger partial charge in [0.15, 0.2) is 0 Å². The first kappa shape index (κ1) is 12.3. The lowest BCUT2D eigenvalue weighted by Gasteiger charge is -2.12. The standard InChI is InChI=1S/C16H14BrCl/c17-16(12-6-8-15(18)9-7-12)14-5-4-11-2-1-3-13(11)10-14/h4-10,16H,1-3H2. The Morgan fingerprint density at radius 1 is 0.889 bits per heavy atom. The Labute approximate surface area is 121 Å². The molecule has 1 atom stereocenters. The van der Waals surface area contributed by atoms with Gasteiger partial charge < -0.3 is 0 Å². The Kier molecular flexibility index (Phi) is 3.45. The molecule has 0 fully saturated rings. The molecule has 1 aliphatic rings. The van der Waals surface area contributed by atoms with Crippen molar-refractivity contribution >= 4 is 27.5 Å². The van der Waals surface area contributed by atoms with E-state index in [0.29, 0.717) is 0 Å². The van der Waals surface area contributed by atoms with Gasteiger partial charge in [0, 0.05) is 5.02 Å². The fourth-order valence-electron chi connectivity index (χ4n) is 2.57. The van der Waals surface area contributed by atoms with E-state index in [4.69, 9.17) is 11.6 Å². The van der Waals surface area contributed by atoms with Crippen molar-refractivity contribution in [1.82, 2.24) is 0 Å². The van der Waals surface area contributed by atoms with Crippen LogP contribution in [0, 0.1) is 0 Å². The van der Waals surface area contributed by atoms with Gasteiger partial charge in [-0.3, -0.25) is 0 Å². The predicted molar refractivity (Wildman–Crippen MR) is 80.7 cm³/mol. The fourth-order valence-corrected chi connectivity index (χ4v) is 3.29. The van der Waals surface area contributed by atoms with Crippen molar-refractivity contribution in [2.24, 2.45) is 0 Å². The molecule has 0 N–H and O–H groups in total. The maximum absolute atomic E-state index is 5.92. The Morgan fingerprint density at radius 2 is 1.56 bits per heavy atom. The van der Waals surface area contributed by atoms with Crippen molar-refractivity contribution < 1.29 is 0 Å². The van der Waals surface area contributed by atoms with E-state index in [9.17, 15) is 0 Å². The van der Waals surface area contributed by atoms with Gasteiger partial charge in [-0.15, -0.1) is 0 Å². The molecule has 0 bridgehead atoms. The second kappa shape index (κ2) is 5.07. The molecule has 2 aromatic rings. The van der Waals surface area contributed by atoms with Gasteiger partial charge in [-0.2, -0.15) is 0 Å². The smallest absolute Gasteiger partial charge is 0.0644 e. The molecule has 92 valence electrons. The lowest BCUT2D eigenvalue weighted by atomic mass is 10.0. The van der Waals surface area contributed by atoms with Crippen LogP contribution in [0.3, 0.4) is 0 Å². The van der Waals surface area contributed by atoms with E-state index in [1.165, 1.54) is 41.5 Å². The van der Waals surface area contributed by atoms with E-state index in [2.05, 4.69) is 46.3 Å². The summed E-state index contributed by atoms with van der Waals surface area (Å²) in [6.45, 7) is 0. The van der Waals surface area contributed by atoms with E-state index < -0.39 is 0 Å². The molecule has 0 aromatic heterocycles. The van der Waals surface area contributed by atoms with Crippen molar-refractivity contribution in [2.45, 2.75) is 24.1 Å². The first-order valence-electron chi connectivity index (χ1n) is 6.25. The Morgan fingerprint density at radius 3 is 2.33 bits per heavy atom. The maximum atomic E-state index is 5.92. The second-order valence-electron chi connectivity index (χ2n) is 4.80. The summed E-state index contributed by atoms with van der Waals surface area (Å²) in [5.74, 6) is 0. The molecule has 0 aliphatic heterocycles. The molecule has 1 unspecified atom stereocenters.